The molecule has 0 bridgehead atoms. The quantitative estimate of drug-likeness (QED) is 0.862. The van der Waals surface area contributed by atoms with Gasteiger partial charge in [0, 0.05) is 18.3 Å². The fourth-order valence-corrected chi connectivity index (χ4v) is 2.14. The number of hydrogen-bond acceptors (Lipinski definition) is 4. The first-order valence-corrected chi connectivity index (χ1v) is 6.91. The van der Waals surface area contributed by atoms with E-state index < -0.39 is 5.97 Å². The van der Waals surface area contributed by atoms with Gasteiger partial charge in [0.05, 0.1) is 18.1 Å². The van der Waals surface area contributed by atoms with Crippen molar-refractivity contribution >= 4 is 11.8 Å². The summed E-state index contributed by atoms with van der Waals surface area (Å²) < 4.78 is 0. The van der Waals surface area contributed by atoms with Crippen LogP contribution in [-0.4, -0.2) is 28.6 Å². The topological polar surface area (TPSA) is 77.2 Å². The minimum absolute atomic E-state index is 0.171. The summed E-state index contributed by atoms with van der Waals surface area (Å²) in [6.45, 7) is 4.59. The maximum absolute atomic E-state index is 11.3. The predicted octanol–water partition coefficient (Wildman–Crippen LogP) is 2.79. The SMILES string of the molecule is CC(C)c1cc(C(=O)O)cc(N(CCC#N)C2CC2)n1. The van der Waals surface area contributed by atoms with Crippen molar-refractivity contribution in [3.8, 4) is 6.07 Å². The molecule has 1 aliphatic carbocycles. The normalized spacial score (nSPS) is 14.1. The Morgan fingerprint density at radius 1 is 1.55 bits per heavy atom. The average molecular weight is 273 g/mol. The molecule has 20 heavy (non-hydrogen) atoms. The fraction of sp³-hybridized carbons (Fsp3) is 0.533. The van der Waals surface area contributed by atoms with Crippen LogP contribution in [0.5, 0.6) is 0 Å². The highest BCUT2D eigenvalue weighted by atomic mass is 16.4. The van der Waals surface area contributed by atoms with Crippen LogP contribution in [0.2, 0.25) is 0 Å². The van der Waals surface area contributed by atoms with E-state index in [-0.39, 0.29) is 11.5 Å². The van der Waals surface area contributed by atoms with Crippen molar-refractivity contribution in [2.45, 2.75) is 45.1 Å². The molecule has 0 spiro atoms. The maximum Gasteiger partial charge on any atom is 0.335 e. The first-order chi connectivity index (χ1) is 9.52. The fourth-order valence-electron chi connectivity index (χ4n) is 2.14. The van der Waals surface area contributed by atoms with E-state index in [1.807, 2.05) is 13.8 Å². The summed E-state index contributed by atoms with van der Waals surface area (Å²) in [5.41, 5.74) is 1.05. The van der Waals surface area contributed by atoms with Crippen molar-refractivity contribution in [2.24, 2.45) is 0 Å². The zero-order valence-electron chi connectivity index (χ0n) is 11.8. The third-order valence-electron chi connectivity index (χ3n) is 3.42. The van der Waals surface area contributed by atoms with E-state index in [2.05, 4.69) is 16.0 Å². The Kier molecular flexibility index (Phi) is 4.23. The van der Waals surface area contributed by atoms with E-state index in [4.69, 9.17) is 5.26 Å². The number of nitriles is 1. The third kappa shape index (κ3) is 3.27. The number of nitrogens with zero attached hydrogens (tertiary/aromatic N) is 3. The van der Waals surface area contributed by atoms with Crippen LogP contribution in [0.3, 0.4) is 0 Å². The smallest absolute Gasteiger partial charge is 0.335 e. The number of pyridine rings is 1. The van der Waals surface area contributed by atoms with Gasteiger partial charge >= 0.3 is 5.97 Å². The molecule has 0 amide bonds. The molecule has 0 saturated heterocycles. The Hall–Kier alpha value is -2.09. The molecule has 1 N–H and O–H groups in total. The van der Waals surface area contributed by atoms with E-state index in [1.165, 1.54) is 0 Å². The summed E-state index contributed by atoms with van der Waals surface area (Å²) in [5, 5.41) is 18.0. The van der Waals surface area contributed by atoms with E-state index in [0.29, 0.717) is 24.8 Å². The molecule has 5 nitrogen and oxygen atoms in total. The van der Waals surface area contributed by atoms with Crippen molar-refractivity contribution in [1.82, 2.24) is 4.98 Å². The number of rotatable bonds is 6. The van der Waals surface area contributed by atoms with Gasteiger partial charge in [-0.15, -0.1) is 0 Å². The lowest BCUT2D eigenvalue weighted by atomic mass is 10.1. The molecular formula is C15H19N3O2. The molecule has 0 radical (unpaired) electrons. The highest BCUT2D eigenvalue weighted by molar-refractivity contribution is 5.88. The van der Waals surface area contributed by atoms with Gasteiger partial charge in [-0.3, -0.25) is 0 Å². The summed E-state index contributed by atoms with van der Waals surface area (Å²) in [6.07, 6.45) is 2.59. The van der Waals surface area contributed by atoms with Gasteiger partial charge in [0.15, 0.2) is 0 Å². The van der Waals surface area contributed by atoms with Crippen LogP contribution in [-0.2, 0) is 0 Å². The molecule has 0 unspecified atom stereocenters. The van der Waals surface area contributed by atoms with Gasteiger partial charge < -0.3 is 10.0 Å². The monoisotopic (exact) mass is 273 g/mol. The first kappa shape index (κ1) is 14.3. The van der Waals surface area contributed by atoms with Gasteiger partial charge in [-0.1, -0.05) is 13.8 Å². The Labute approximate surface area is 118 Å². The Balaban J connectivity index is 2.37. The number of anilines is 1. The van der Waals surface area contributed by atoms with E-state index in [9.17, 15) is 9.90 Å². The number of aromatic nitrogens is 1. The minimum Gasteiger partial charge on any atom is -0.478 e. The number of aromatic carboxylic acids is 1. The second-order valence-corrected chi connectivity index (χ2v) is 5.43. The number of carbonyl (C=O) groups is 1. The number of carboxylic acid groups (broad SMARTS) is 1. The van der Waals surface area contributed by atoms with Gasteiger partial charge in [0.2, 0.25) is 0 Å². The molecular weight excluding hydrogens is 254 g/mol. The standard InChI is InChI=1S/C15H19N3O2/c1-10(2)13-8-11(15(19)20)9-14(17-13)18(7-3-6-16)12-4-5-12/h8-10,12H,3-5,7H2,1-2H3,(H,19,20). The zero-order chi connectivity index (χ0) is 14.7. The molecule has 106 valence electrons. The molecule has 1 fully saturated rings. The van der Waals surface area contributed by atoms with Gasteiger partial charge in [-0.05, 0) is 30.9 Å². The highest BCUT2D eigenvalue weighted by Crippen LogP contribution is 2.32. The van der Waals surface area contributed by atoms with Crippen LogP contribution < -0.4 is 4.90 Å². The Bertz CT molecular complexity index is 545. The number of hydrogen-bond donors (Lipinski definition) is 1. The molecule has 2 rings (SSSR count). The lowest BCUT2D eigenvalue weighted by Crippen LogP contribution is -2.28. The third-order valence-corrected chi connectivity index (χ3v) is 3.42. The highest BCUT2D eigenvalue weighted by Gasteiger charge is 2.30. The lowest BCUT2D eigenvalue weighted by molar-refractivity contribution is 0.0696. The Morgan fingerprint density at radius 2 is 2.25 bits per heavy atom. The van der Waals surface area contributed by atoms with Crippen molar-refractivity contribution in [3.05, 3.63) is 23.4 Å². The number of carboxylic acids is 1. The molecule has 0 atom stereocenters. The van der Waals surface area contributed by atoms with Crippen LogP contribution in [0.1, 0.15) is 55.1 Å². The summed E-state index contributed by atoms with van der Waals surface area (Å²) in [4.78, 5) is 17.9. The zero-order valence-corrected chi connectivity index (χ0v) is 11.8. The van der Waals surface area contributed by atoms with Crippen molar-refractivity contribution in [3.63, 3.8) is 0 Å². The van der Waals surface area contributed by atoms with E-state index in [1.54, 1.807) is 12.1 Å². The van der Waals surface area contributed by atoms with Crippen LogP contribution >= 0.6 is 0 Å². The predicted molar refractivity (Wildman–Crippen MR) is 75.9 cm³/mol. The molecule has 1 aliphatic rings. The molecule has 0 aromatic carbocycles. The average Bonchev–Trinajstić information content (AvgIpc) is 3.23. The maximum atomic E-state index is 11.3. The van der Waals surface area contributed by atoms with E-state index >= 15 is 0 Å². The second-order valence-electron chi connectivity index (χ2n) is 5.43. The van der Waals surface area contributed by atoms with Gasteiger partial charge in [-0.25, -0.2) is 9.78 Å². The first-order valence-electron chi connectivity index (χ1n) is 6.91. The van der Waals surface area contributed by atoms with Gasteiger partial charge in [0.1, 0.15) is 5.82 Å². The minimum atomic E-state index is -0.938. The summed E-state index contributed by atoms with van der Waals surface area (Å²) in [5.74, 6) is -0.0806. The summed E-state index contributed by atoms with van der Waals surface area (Å²) in [6, 6.07) is 5.79. The van der Waals surface area contributed by atoms with Crippen molar-refractivity contribution in [1.29, 1.82) is 5.26 Å². The molecule has 1 heterocycles. The van der Waals surface area contributed by atoms with Gasteiger partial charge in [0.25, 0.3) is 0 Å². The van der Waals surface area contributed by atoms with Crippen LogP contribution in [0.25, 0.3) is 0 Å². The molecule has 5 heteroatoms. The molecule has 1 aromatic rings. The second kappa shape index (κ2) is 5.91. The van der Waals surface area contributed by atoms with E-state index in [0.717, 1.165) is 18.5 Å². The summed E-state index contributed by atoms with van der Waals surface area (Å²) >= 11 is 0. The van der Waals surface area contributed by atoms with Gasteiger partial charge in [-0.2, -0.15) is 5.26 Å². The van der Waals surface area contributed by atoms with Crippen LogP contribution in [0.15, 0.2) is 12.1 Å². The van der Waals surface area contributed by atoms with Crippen LogP contribution in [0.4, 0.5) is 5.82 Å². The molecule has 0 aliphatic heterocycles. The molecule has 1 saturated carbocycles. The lowest BCUT2D eigenvalue weighted by Gasteiger charge is -2.23. The Morgan fingerprint density at radius 3 is 2.75 bits per heavy atom. The van der Waals surface area contributed by atoms with Crippen LogP contribution in [0, 0.1) is 11.3 Å². The van der Waals surface area contributed by atoms with Crippen molar-refractivity contribution < 1.29 is 9.90 Å². The van der Waals surface area contributed by atoms with Crippen molar-refractivity contribution in [2.75, 3.05) is 11.4 Å². The molecule has 1 aromatic heterocycles. The largest absolute Gasteiger partial charge is 0.478 e. The summed E-state index contributed by atoms with van der Waals surface area (Å²) in [7, 11) is 0.